The number of cyclic esters (lactones) is 2. The standard InChI is InChI=1S/C20H22N2O11/c1-29-15(23)7-21(8-16(24)30-2)13-5-11-12(20(28)33-19(11)27)6-14(13)22(9-17(25)31-3)10-18(26)32-4/h5-6H,7-10H2,1-4H3. The number of rotatable bonds is 10. The molecule has 0 N–H and O–H groups in total. The summed E-state index contributed by atoms with van der Waals surface area (Å²) >= 11 is 0. The lowest BCUT2D eigenvalue weighted by Crippen LogP contribution is -2.40. The molecule has 13 nitrogen and oxygen atoms in total. The molecular weight excluding hydrogens is 444 g/mol. The van der Waals surface area contributed by atoms with Gasteiger partial charge >= 0.3 is 35.8 Å². The SMILES string of the molecule is COC(=O)CN(CC(=O)OC)c1cc2c(cc1N(CC(=O)OC)CC(=O)OC)C(=O)OC2=O. The van der Waals surface area contributed by atoms with Gasteiger partial charge in [0.2, 0.25) is 0 Å². The third-order valence-corrected chi connectivity index (χ3v) is 4.61. The van der Waals surface area contributed by atoms with E-state index >= 15 is 0 Å². The van der Waals surface area contributed by atoms with Crippen molar-refractivity contribution in [3.63, 3.8) is 0 Å². The third kappa shape index (κ3) is 5.96. The molecule has 1 heterocycles. The molecule has 2 rings (SSSR count). The number of nitrogens with zero attached hydrogens (tertiary/aromatic N) is 2. The Morgan fingerprint density at radius 2 is 0.909 bits per heavy atom. The molecule has 0 saturated heterocycles. The van der Waals surface area contributed by atoms with E-state index < -0.39 is 62.0 Å². The molecule has 13 heteroatoms. The molecule has 1 aromatic carbocycles. The lowest BCUT2D eigenvalue weighted by atomic mass is 10.0. The number of carbonyl (C=O) groups is 6. The number of hydrogen-bond donors (Lipinski definition) is 0. The Morgan fingerprint density at radius 1 is 0.636 bits per heavy atom. The summed E-state index contributed by atoms with van der Waals surface area (Å²) in [5.74, 6) is -4.83. The number of esters is 6. The fourth-order valence-corrected chi connectivity index (χ4v) is 2.95. The quantitative estimate of drug-likeness (QED) is 0.243. The Bertz CT molecular complexity index is 875. The van der Waals surface area contributed by atoms with Crippen LogP contribution >= 0.6 is 0 Å². The molecule has 0 aromatic heterocycles. The highest BCUT2D eigenvalue weighted by atomic mass is 16.6. The van der Waals surface area contributed by atoms with Gasteiger partial charge in [0.15, 0.2) is 0 Å². The smallest absolute Gasteiger partial charge is 0.346 e. The molecule has 0 atom stereocenters. The molecule has 1 aromatic rings. The van der Waals surface area contributed by atoms with Crippen molar-refractivity contribution >= 4 is 47.2 Å². The minimum absolute atomic E-state index is 0.0454. The molecule has 33 heavy (non-hydrogen) atoms. The number of hydrogen-bond acceptors (Lipinski definition) is 13. The maximum Gasteiger partial charge on any atom is 0.346 e. The van der Waals surface area contributed by atoms with Crippen molar-refractivity contribution in [1.29, 1.82) is 0 Å². The van der Waals surface area contributed by atoms with Crippen molar-refractivity contribution in [3.05, 3.63) is 23.3 Å². The molecule has 0 saturated carbocycles. The van der Waals surface area contributed by atoms with Gasteiger partial charge in [-0.25, -0.2) is 9.59 Å². The Hall–Kier alpha value is -4.16. The lowest BCUT2D eigenvalue weighted by Gasteiger charge is -2.30. The van der Waals surface area contributed by atoms with Gasteiger partial charge in [-0.05, 0) is 12.1 Å². The second-order valence-corrected chi connectivity index (χ2v) is 6.58. The van der Waals surface area contributed by atoms with Crippen LogP contribution in [0, 0.1) is 0 Å². The number of benzene rings is 1. The van der Waals surface area contributed by atoms with Crippen LogP contribution in [0.15, 0.2) is 12.1 Å². The van der Waals surface area contributed by atoms with Crippen molar-refractivity contribution in [1.82, 2.24) is 0 Å². The number of methoxy groups -OCH3 is 4. The van der Waals surface area contributed by atoms with E-state index in [1.807, 2.05) is 0 Å². The molecule has 0 unspecified atom stereocenters. The van der Waals surface area contributed by atoms with Crippen molar-refractivity contribution in [2.75, 3.05) is 64.4 Å². The molecule has 0 bridgehead atoms. The molecule has 0 amide bonds. The van der Waals surface area contributed by atoms with Crippen molar-refractivity contribution in [3.8, 4) is 0 Å². The van der Waals surface area contributed by atoms with E-state index in [-0.39, 0.29) is 22.5 Å². The first-order chi connectivity index (χ1) is 15.6. The highest BCUT2D eigenvalue weighted by molar-refractivity contribution is 6.16. The molecule has 1 aliphatic rings. The van der Waals surface area contributed by atoms with E-state index in [0.717, 1.165) is 28.4 Å². The van der Waals surface area contributed by atoms with Gasteiger partial charge in [-0.3, -0.25) is 19.2 Å². The van der Waals surface area contributed by atoms with E-state index in [9.17, 15) is 28.8 Å². The van der Waals surface area contributed by atoms with Crippen LogP contribution in [0.5, 0.6) is 0 Å². The minimum atomic E-state index is -0.939. The minimum Gasteiger partial charge on any atom is -0.468 e. The van der Waals surface area contributed by atoms with Crippen LogP contribution in [0.25, 0.3) is 0 Å². The third-order valence-electron chi connectivity index (χ3n) is 4.61. The molecule has 0 aliphatic carbocycles. The Kier molecular flexibility index (Phi) is 8.31. The zero-order valence-corrected chi connectivity index (χ0v) is 18.4. The monoisotopic (exact) mass is 466 g/mol. The summed E-state index contributed by atoms with van der Waals surface area (Å²) in [5.41, 5.74) is -0.169. The van der Waals surface area contributed by atoms with Crippen LogP contribution in [-0.4, -0.2) is 90.4 Å². The number of fused-ring (bicyclic) bond motifs is 1. The van der Waals surface area contributed by atoms with E-state index in [4.69, 9.17) is 0 Å². The molecule has 0 spiro atoms. The Balaban J connectivity index is 2.72. The predicted octanol–water partition coefficient (Wildman–Crippen LogP) is -0.698. The van der Waals surface area contributed by atoms with Gasteiger partial charge in [0.1, 0.15) is 26.2 Å². The average molecular weight is 466 g/mol. The largest absolute Gasteiger partial charge is 0.468 e. The fourth-order valence-electron chi connectivity index (χ4n) is 2.95. The topological polar surface area (TPSA) is 155 Å². The van der Waals surface area contributed by atoms with Crippen LogP contribution in [0.3, 0.4) is 0 Å². The number of anilines is 2. The van der Waals surface area contributed by atoms with Crippen LogP contribution in [0.2, 0.25) is 0 Å². The van der Waals surface area contributed by atoms with Gasteiger partial charge in [-0.15, -0.1) is 0 Å². The van der Waals surface area contributed by atoms with Crippen molar-refractivity contribution in [2.24, 2.45) is 0 Å². The molecule has 178 valence electrons. The highest BCUT2D eigenvalue weighted by Gasteiger charge is 2.34. The van der Waals surface area contributed by atoms with Gasteiger partial charge in [-0.2, -0.15) is 0 Å². The number of carbonyl (C=O) groups excluding carboxylic acids is 6. The van der Waals surface area contributed by atoms with Gasteiger partial charge in [0.25, 0.3) is 0 Å². The molecule has 0 radical (unpaired) electrons. The second kappa shape index (κ2) is 10.9. The molecular formula is C20H22N2O11. The summed E-state index contributed by atoms with van der Waals surface area (Å²) in [5, 5.41) is 0. The fraction of sp³-hybridized carbons (Fsp3) is 0.400. The number of ether oxygens (including phenoxy) is 5. The maximum absolute atomic E-state index is 12.1. The first kappa shape index (κ1) is 25.1. The lowest BCUT2D eigenvalue weighted by molar-refractivity contribution is -0.142. The average Bonchev–Trinajstić information content (AvgIpc) is 3.09. The highest BCUT2D eigenvalue weighted by Crippen LogP contribution is 2.36. The summed E-state index contributed by atoms with van der Waals surface area (Å²) in [6.45, 7) is -1.87. The zero-order valence-electron chi connectivity index (χ0n) is 18.4. The van der Waals surface area contributed by atoms with Gasteiger partial charge in [0.05, 0.1) is 50.9 Å². The first-order valence-electron chi connectivity index (χ1n) is 9.36. The van der Waals surface area contributed by atoms with Crippen LogP contribution in [0.4, 0.5) is 11.4 Å². The molecule has 0 fully saturated rings. The zero-order chi connectivity index (χ0) is 24.7. The van der Waals surface area contributed by atoms with Crippen molar-refractivity contribution < 1.29 is 52.5 Å². The maximum atomic E-state index is 12.1. The van der Waals surface area contributed by atoms with Crippen molar-refractivity contribution in [2.45, 2.75) is 0 Å². The van der Waals surface area contributed by atoms with Gasteiger partial charge < -0.3 is 33.5 Å². The Labute approximate surface area is 188 Å². The van der Waals surface area contributed by atoms with E-state index in [0.29, 0.717) is 0 Å². The van der Waals surface area contributed by atoms with Gasteiger partial charge in [0, 0.05) is 0 Å². The summed E-state index contributed by atoms with van der Waals surface area (Å²) in [6, 6.07) is 2.43. The summed E-state index contributed by atoms with van der Waals surface area (Å²) in [4.78, 5) is 74.7. The second-order valence-electron chi connectivity index (χ2n) is 6.58. The first-order valence-corrected chi connectivity index (χ1v) is 9.36. The van der Waals surface area contributed by atoms with Gasteiger partial charge in [-0.1, -0.05) is 0 Å². The molecule has 1 aliphatic heterocycles. The normalized spacial score (nSPS) is 11.8. The van der Waals surface area contributed by atoms with Crippen LogP contribution in [-0.2, 0) is 42.9 Å². The van der Waals surface area contributed by atoms with Crippen LogP contribution in [0.1, 0.15) is 20.7 Å². The Morgan fingerprint density at radius 3 is 1.15 bits per heavy atom. The van der Waals surface area contributed by atoms with E-state index in [2.05, 4.69) is 23.7 Å². The van der Waals surface area contributed by atoms with Crippen LogP contribution < -0.4 is 9.80 Å². The van der Waals surface area contributed by atoms with E-state index in [1.54, 1.807) is 0 Å². The summed E-state index contributed by atoms with van der Waals surface area (Å²) < 4.78 is 23.3. The summed E-state index contributed by atoms with van der Waals surface area (Å²) in [6.07, 6.45) is 0. The van der Waals surface area contributed by atoms with E-state index in [1.165, 1.54) is 21.9 Å². The summed E-state index contributed by atoms with van der Waals surface area (Å²) in [7, 11) is 4.55. The predicted molar refractivity (Wildman–Crippen MR) is 109 cm³/mol.